The second-order valence-corrected chi connectivity index (χ2v) is 7.49. The number of rotatable bonds is 5. The van der Waals surface area contributed by atoms with E-state index in [-0.39, 0.29) is 6.42 Å². The van der Waals surface area contributed by atoms with Gasteiger partial charge in [-0.1, -0.05) is 40.2 Å². The molecule has 6 heteroatoms. The molecule has 2 aromatic carbocycles. The Hall–Kier alpha value is -2.73. The standard InChI is InChI=1S/C21H18BrN3O2/c22-15-8-6-14(7-9-15)20-24-18-3-1-2-17(18)21(25-20)23-16-10-4-13(5-11-16)12-19(26)27/h4-11H,1-3,12H2,(H,26,27)(H,23,24,25). The first-order valence-corrected chi connectivity index (χ1v) is 9.61. The summed E-state index contributed by atoms with van der Waals surface area (Å²) in [5.41, 5.74) is 4.92. The minimum atomic E-state index is -0.830. The van der Waals surface area contributed by atoms with Crippen LogP contribution in [0.1, 0.15) is 23.2 Å². The molecule has 0 unspecified atom stereocenters. The van der Waals surface area contributed by atoms with Gasteiger partial charge in [-0.3, -0.25) is 4.79 Å². The molecule has 27 heavy (non-hydrogen) atoms. The van der Waals surface area contributed by atoms with E-state index in [0.717, 1.165) is 52.1 Å². The first kappa shape index (κ1) is 17.7. The van der Waals surface area contributed by atoms with Crippen LogP contribution >= 0.6 is 15.9 Å². The second-order valence-electron chi connectivity index (χ2n) is 6.57. The first-order chi connectivity index (χ1) is 13.1. The smallest absolute Gasteiger partial charge is 0.307 e. The van der Waals surface area contributed by atoms with Crippen LogP contribution in [0.15, 0.2) is 53.0 Å². The van der Waals surface area contributed by atoms with Crippen molar-refractivity contribution in [1.29, 1.82) is 0 Å². The van der Waals surface area contributed by atoms with Gasteiger partial charge in [-0.2, -0.15) is 0 Å². The average Bonchev–Trinajstić information content (AvgIpc) is 3.12. The number of hydrogen-bond acceptors (Lipinski definition) is 4. The van der Waals surface area contributed by atoms with Gasteiger partial charge in [-0.25, -0.2) is 9.97 Å². The van der Waals surface area contributed by atoms with Gasteiger partial charge in [0, 0.05) is 27.0 Å². The Morgan fingerprint density at radius 2 is 1.78 bits per heavy atom. The van der Waals surface area contributed by atoms with Crippen LogP contribution in [0.3, 0.4) is 0 Å². The summed E-state index contributed by atoms with van der Waals surface area (Å²) in [5, 5.41) is 12.3. The normalized spacial score (nSPS) is 12.6. The molecule has 0 radical (unpaired) electrons. The van der Waals surface area contributed by atoms with E-state index in [9.17, 15) is 4.79 Å². The van der Waals surface area contributed by atoms with Crippen molar-refractivity contribution in [2.24, 2.45) is 0 Å². The Kier molecular flexibility index (Phi) is 4.90. The number of nitrogens with one attached hydrogen (secondary N) is 1. The van der Waals surface area contributed by atoms with Gasteiger partial charge in [0.15, 0.2) is 5.82 Å². The van der Waals surface area contributed by atoms with Gasteiger partial charge in [0.1, 0.15) is 5.82 Å². The number of carboxylic acids is 1. The molecule has 0 bridgehead atoms. The molecule has 3 aromatic rings. The minimum Gasteiger partial charge on any atom is -0.481 e. The van der Waals surface area contributed by atoms with E-state index in [1.165, 1.54) is 5.56 Å². The molecular formula is C21H18BrN3O2. The molecule has 0 aliphatic heterocycles. The predicted molar refractivity (Wildman–Crippen MR) is 108 cm³/mol. The fourth-order valence-corrected chi connectivity index (χ4v) is 3.55. The SMILES string of the molecule is O=C(O)Cc1ccc(Nc2nc(-c3ccc(Br)cc3)nc3c2CCC3)cc1. The Balaban J connectivity index is 1.65. The molecule has 0 fully saturated rings. The van der Waals surface area contributed by atoms with Gasteiger partial charge in [-0.15, -0.1) is 0 Å². The van der Waals surface area contributed by atoms with Gasteiger partial charge >= 0.3 is 5.97 Å². The summed E-state index contributed by atoms with van der Waals surface area (Å²) in [7, 11) is 0. The number of halogens is 1. The molecule has 5 nitrogen and oxygen atoms in total. The number of aryl methyl sites for hydroxylation is 1. The highest BCUT2D eigenvalue weighted by Gasteiger charge is 2.20. The molecule has 1 aliphatic rings. The van der Waals surface area contributed by atoms with E-state index in [1.807, 2.05) is 48.5 Å². The van der Waals surface area contributed by atoms with Crippen molar-refractivity contribution in [3.63, 3.8) is 0 Å². The van der Waals surface area contributed by atoms with Crippen molar-refractivity contribution < 1.29 is 9.90 Å². The summed E-state index contributed by atoms with van der Waals surface area (Å²) in [6, 6.07) is 15.4. The first-order valence-electron chi connectivity index (χ1n) is 8.82. The zero-order valence-electron chi connectivity index (χ0n) is 14.6. The van der Waals surface area contributed by atoms with Crippen LogP contribution in [0.5, 0.6) is 0 Å². The molecule has 0 atom stereocenters. The summed E-state index contributed by atoms with van der Waals surface area (Å²) in [4.78, 5) is 20.4. The Morgan fingerprint density at radius 3 is 2.48 bits per heavy atom. The summed E-state index contributed by atoms with van der Waals surface area (Å²) >= 11 is 3.46. The molecule has 4 rings (SSSR count). The Morgan fingerprint density at radius 1 is 1.04 bits per heavy atom. The Bertz CT molecular complexity index is 986. The molecule has 2 N–H and O–H groups in total. The average molecular weight is 424 g/mol. The lowest BCUT2D eigenvalue weighted by atomic mass is 10.1. The van der Waals surface area contributed by atoms with E-state index in [4.69, 9.17) is 15.1 Å². The summed E-state index contributed by atoms with van der Waals surface area (Å²) < 4.78 is 1.02. The van der Waals surface area contributed by atoms with Crippen LogP contribution in [0.25, 0.3) is 11.4 Å². The third-order valence-corrected chi connectivity index (χ3v) is 5.14. The van der Waals surface area contributed by atoms with Gasteiger partial charge in [0.25, 0.3) is 0 Å². The number of fused-ring (bicyclic) bond motifs is 1. The molecule has 0 saturated carbocycles. The van der Waals surface area contributed by atoms with Crippen molar-refractivity contribution in [1.82, 2.24) is 9.97 Å². The van der Waals surface area contributed by atoms with Crippen molar-refractivity contribution in [3.05, 3.63) is 69.8 Å². The number of anilines is 2. The van der Waals surface area contributed by atoms with E-state index in [1.54, 1.807) is 0 Å². The zero-order chi connectivity index (χ0) is 18.8. The lowest BCUT2D eigenvalue weighted by molar-refractivity contribution is -0.136. The lowest BCUT2D eigenvalue weighted by Gasteiger charge is -2.13. The van der Waals surface area contributed by atoms with Gasteiger partial charge in [0.05, 0.1) is 6.42 Å². The summed E-state index contributed by atoms with van der Waals surface area (Å²) in [5.74, 6) is 0.720. The van der Waals surface area contributed by atoms with Crippen LogP contribution in [0.2, 0.25) is 0 Å². The van der Waals surface area contributed by atoms with Crippen LogP contribution in [-0.2, 0) is 24.1 Å². The number of aliphatic carboxylic acids is 1. The highest BCUT2D eigenvalue weighted by Crippen LogP contribution is 2.31. The summed E-state index contributed by atoms with van der Waals surface area (Å²) in [6.07, 6.45) is 3.04. The molecule has 1 heterocycles. The van der Waals surface area contributed by atoms with Crippen molar-refractivity contribution in [2.75, 3.05) is 5.32 Å². The monoisotopic (exact) mass is 423 g/mol. The maximum absolute atomic E-state index is 10.8. The van der Waals surface area contributed by atoms with Crippen LogP contribution < -0.4 is 5.32 Å². The highest BCUT2D eigenvalue weighted by atomic mass is 79.9. The van der Waals surface area contributed by atoms with E-state index in [0.29, 0.717) is 5.82 Å². The van der Waals surface area contributed by atoms with Crippen LogP contribution in [-0.4, -0.2) is 21.0 Å². The van der Waals surface area contributed by atoms with E-state index >= 15 is 0 Å². The van der Waals surface area contributed by atoms with Crippen LogP contribution in [0, 0.1) is 0 Å². The fourth-order valence-electron chi connectivity index (χ4n) is 3.28. The van der Waals surface area contributed by atoms with Crippen molar-refractivity contribution in [3.8, 4) is 11.4 Å². The minimum absolute atomic E-state index is 0.0247. The van der Waals surface area contributed by atoms with Gasteiger partial charge in [-0.05, 0) is 49.1 Å². The molecule has 0 amide bonds. The van der Waals surface area contributed by atoms with Gasteiger partial charge < -0.3 is 10.4 Å². The molecule has 1 aliphatic carbocycles. The third-order valence-electron chi connectivity index (χ3n) is 4.61. The molecule has 0 saturated heterocycles. The molecule has 136 valence electrons. The largest absolute Gasteiger partial charge is 0.481 e. The molecule has 0 spiro atoms. The van der Waals surface area contributed by atoms with E-state index < -0.39 is 5.97 Å². The number of aromatic nitrogens is 2. The number of benzene rings is 2. The Labute approximate surface area is 165 Å². The molecular weight excluding hydrogens is 406 g/mol. The quantitative estimate of drug-likeness (QED) is 0.618. The summed E-state index contributed by atoms with van der Waals surface area (Å²) in [6.45, 7) is 0. The van der Waals surface area contributed by atoms with Crippen molar-refractivity contribution >= 4 is 33.4 Å². The highest BCUT2D eigenvalue weighted by molar-refractivity contribution is 9.10. The fraction of sp³-hybridized carbons (Fsp3) is 0.190. The third kappa shape index (κ3) is 4.01. The van der Waals surface area contributed by atoms with E-state index in [2.05, 4.69) is 21.2 Å². The number of carbonyl (C=O) groups is 1. The number of nitrogens with zero attached hydrogens (tertiary/aromatic N) is 2. The maximum atomic E-state index is 10.8. The second kappa shape index (κ2) is 7.48. The zero-order valence-corrected chi connectivity index (χ0v) is 16.2. The topological polar surface area (TPSA) is 75.1 Å². The number of hydrogen-bond donors (Lipinski definition) is 2. The van der Waals surface area contributed by atoms with Crippen molar-refractivity contribution in [2.45, 2.75) is 25.7 Å². The van der Waals surface area contributed by atoms with Crippen LogP contribution in [0.4, 0.5) is 11.5 Å². The molecule has 1 aromatic heterocycles. The lowest BCUT2D eigenvalue weighted by Crippen LogP contribution is -2.04. The number of carboxylic acid groups (broad SMARTS) is 1. The van der Waals surface area contributed by atoms with Gasteiger partial charge in [0.2, 0.25) is 0 Å². The maximum Gasteiger partial charge on any atom is 0.307 e. The predicted octanol–water partition coefficient (Wildman–Crippen LogP) is 4.77.